The minimum atomic E-state index is -0.893. The number of hydrogen-bond acceptors (Lipinski definition) is 7. The standard InChI is InChI=1S/C20H18FN5O3/c1-19(20(6-7-20)11-28-17(23)26-19)14-8-13(3-4-15(14)21)25-18(27)29-16-5-2-12(9-22)10-24-16/h2-5,8,10H,6-7,11H2,1H3,(H2,23,26)(H,25,27)/t19-/m1/s1. The van der Waals surface area contributed by atoms with E-state index in [0.29, 0.717) is 23.4 Å². The molecule has 1 aliphatic carbocycles. The first-order valence-corrected chi connectivity index (χ1v) is 8.98. The summed E-state index contributed by atoms with van der Waals surface area (Å²) in [5.41, 5.74) is 5.58. The highest BCUT2D eigenvalue weighted by atomic mass is 19.1. The number of hydrogen-bond donors (Lipinski definition) is 2. The molecular weight excluding hydrogens is 377 g/mol. The number of rotatable bonds is 3. The zero-order chi connectivity index (χ0) is 20.6. The van der Waals surface area contributed by atoms with Crippen molar-refractivity contribution < 1.29 is 18.7 Å². The van der Waals surface area contributed by atoms with Crippen LogP contribution in [-0.2, 0) is 10.3 Å². The number of carbonyl (C=O) groups excluding carboxylic acids is 1. The molecule has 1 saturated carbocycles. The molecule has 1 amide bonds. The number of amides is 1. The molecule has 0 unspecified atom stereocenters. The topological polar surface area (TPSA) is 123 Å². The maximum atomic E-state index is 14.7. The van der Waals surface area contributed by atoms with Gasteiger partial charge in [0.1, 0.15) is 17.4 Å². The number of nitriles is 1. The molecule has 2 aliphatic rings. The van der Waals surface area contributed by atoms with Gasteiger partial charge in [0.2, 0.25) is 5.88 Å². The summed E-state index contributed by atoms with van der Waals surface area (Å²) in [7, 11) is 0. The van der Waals surface area contributed by atoms with Crippen LogP contribution in [-0.4, -0.2) is 23.7 Å². The van der Waals surface area contributed by atoms with Crippen molar-refractivity contribution in [2.24, 2.45) is 16.1 Å². The number of halogens is 1. The van der Waals surface area contributed by atoms with Crippen molar-refractivity contribution in [2.75, 3.05) is 11.9 Å². The lowest BCUT2D eigenvalue weighted by molar-refractivity contribution is 0.114. The molecular formula is C20H18FN5O3. The molecule has 2 heterocycles. The van der Waals surface area contributed by atoms with Crippen molar-refractivity contribution in [3.8, 4) is 11.9 Å². The number of benzene rings is 1. The van der Waals surface area contributed by atoms with Crippen LogP contribution in [0, 0.1) is 22.6 Å². The summed E-state index contributed by atoms with van der Waals surface area (Å²) in [5.74, 6) is -0.403. The second kappa shape index (κ2) is 6.74. The molecule has 2 aromatic rings. The van der Waals surface area contributed by atoms with E-state index in [1.165, 1.54) is 36.5 Å². The van der Waals surface area contributed by atoms with Crippen LogP contribution < -0.4 is 15.8 Å². The van der Waals surface area contributed by atoms with Crippen LogP contribution in [0.2, 0.25) is 0 Å². The molecule has 0 bridgehead atoms. The van der Waals surface area contributed by atoms with Crippen LogP contribution in [0.3, 0.4) is 0 Å². The molecule has 9 heteroatoms. The number of aromatic nitrogens is 1. The van der Waals surface area contributed by atoms with Crippen molar-refractivity contribution in [3.05, 3.63) is 53.5 Å². The number of nitrogens with two attached hydrogens (primary N) is 1. The summed E-state index contributed by atoms with van der Waals surface area (Å²) >= 11 is 0. The highest BCUT2D eigenvalue weighted by molar-refractivity contribution is 5.86. The Labute approximate surface area is 166 Å². The SMILES string of the molecule is C[C@]1(c2cc(NC(=O)Oc3ccc(C#N)cn3)ccc2F)N=C(N)OCC12CC2. The van der Waals surface area contributed by atoms with Crippen molar-refractivity contribution in [1.82, 2.24) is 4.98 Å². The van der Waals surface area contributed by atoms with E-state index in [-0.39, 0.29) is 17.3 Å². The summed E-state index contributed by atoms with van der Waals surface area (Å²) in [6.07, 6.45) is 2.20. The minimum Gasteiger partial charge on any atom is -0.465 e. The fourth-order valence-corrected chi connectivity index (χ4v) is 3.57. The van der Waals surface area contributed by atoms with E-state index in [0.717, 1.165) is 12.8 Å². The van der Waals surface area contributed by atoms with Gasteiger partial charge in [-0.1, -0.05) is 0 Å². The van der Waals surface area contributed by atoms with E-state index < -0.39 is 17.4 Å². The van der Waals surface area contributed by atoms with Crippen LogP contribution in [0.25, 0.3) is 0 Å². The van der Waals surface area contributed by atoms with Crippen molar-refractivity contribution in [2.45, 2.75) is 25.3 Å². The number of nitrogens with one attached hydrogen (secondary N) is 1. The normalized spacial score (nSPS) is 21.5. The van der Waals surface area contributed by atoms with E-state index >= 15 is 0 Å². The van der Waals surface area contributed by atoms with Gasteiger partial charge in [-0.05, 0) is 44.0 Å². The van der Waals surface area contributed by atoms with E-state index in [1.54, 1.807) is 0 Å². The third-order valence-corrected chi connectivity index (χ3v) is 5.52. The summed E-state index contributed by atoms with van der Waals surface area (Å²) in [6.45, 7) is 2.21. The maximum Gasteiger partial charge on any atom is 0.418 e. The third-order valence-electron chi connectivity index (χ3n) is 5.52. The van der Waals surface area contributed by atoms with Gasteiger partial charge in [0.15, 0.2) is 0 Å². The Kier molecular flexibility index (Phi) is 4.34. The van der Waals surface area contributed by atoms with Gasteiger partial charge in [0.25, 0.3) is 6.02 Å². The van der Waals surface area contributed by atoms with Crippen LogP contribution >= 0.6 is 0 Å². The first-order valence-electron chi connectivity index (χ1n) is 8.98. The van der Waals surface area contributed by atoms with Gasteiger partial charge < -0.3 is 15.2 Å². The second-order valence-corrected chi connectivity index (χ2v) is 7.30. The Morgan fingerprint density at radius 1 is 1.38 bits per heavy atom. The first kappa shape index (κ1) is 18.7. The average molecular weight is 395 g/mol. The van der Waals surface area contributed by atoms with E-state index in [9.17, 15) is 9.18 Å². The monoisotopic (exact) mass is 395 g/mol. The number of aliphatic imine (C=N–C) groups is 1. The molecule has 148 valence electrons. The molecule has 1 aromatic carbocycles. The van der Waals surface area contributed by atoms with Gasteiger partial charge in [0, 0.05) is 28.9 Å². The Bertz CT molecular complexity index is 1040. The predicted molar refractivity (Wildman–Crippen MR) is 102 cm³/mol. The molecule has 1 fully saturated rings. The average Bonchev–Trinajstić information content (AvgIpc) is 3.49. The molecule has 3 N–H and O–H groups in total. The molecule has 8 nitrogen and oxygen atoms in total. The number of nitrogens with zero attached hydrogens (tertiary/aromatic N) is 3. The molecule has 1 aliphatic heterocycles. The van der Waals surface area contributed by atoms with Gasteiger partial charge in [-0.25, -0.2) is 19.2 Å². The molecule has 4 rings (SSSR count). The van der Waals surface area contributed by atoms with Crippen LogP contribution in [0.5, 0.6) is 5.88 Å². The lowest BCUT2D eigenvalue weighted by atomic mass is 9.76. The van der Waals surface area contributed by atoms with Crippen LogP contribution in [0.4, 0.5) is 14.9 Å². The summed E-state index contributed by atoms with van der Waals surface area (Å²) in [4.78, 5) is 20.5. The predicted octanol–water partition coefficient (Wildman–Crippen LogP) is 3.04. The number of amidine groups is 1. The number of pyridine rings is 1. The van der Waals surface area contributed by atoms with Crippen molar-refractivity contribution >= 4 is 17.8 Å². The molecule has 1 aromatic heterocycles. The van der Waals surface area contributed by atoms with Crippen molar-refractivity contribution in [3.63, 3.8) is 0 Å². The van der Waals surface area contributed by atoms with Gasteiger partial charge in [-0.15, -0.1) is 0 Å². The Morgan fingerprint density at radius 3 is 2.83 bits per heavy atom. The quantitative estimate of drug-likeness (QED) is 0.823. The van der Waals surface area contributed by atoms with Gasteiger partial charge in [0.05, 0.1) is 12.2 Å². The number of carbonyl (C=O) groups is 1. The summed E-state index contributed by atoms with van der Waals surface area (Å²) in [6, 6.07) is 9.07. The second-order valence-electron chi connectivity index (χ2n) is 7.30. The Morgan fingerprint density at radius 2 is 2.17 bits per heavy atom. The van der Waals surface area contributed by atoms with E-state index in [2.05, 4.69) is 15.3 Å². The van der Waals surface area contributed by atoms with Gasteiger partial charge in [-0.3, -0.25) is 5.32 Å². The first-order chi connectivity index (χ1) is 13.8. The molecule has 1 spiro atoms. The third kappa shape index (κ3) is 3.33. The Hall–Kier alpha value is -3.67. The lowest BCUT2D eigenvalue weighted by Crippen LogP contribution is -2.43. The van der Waals surface area contributed by atoms with Gasteiger partial charge >= 0.3 is 6.09 Å². The fourth-order valence-electron chi connectivity index (χ4n) is 3.57. The molecule has 1 atom stereocenters. The minimum absolute atomic E-state index is 0.0223. The molecule has 29 heavy (non-hydrogen) atoms. The van der Waals surface area contributed by atoms with Crippen molar-refractivity contribution in [1.29, 1.82) is 5.26 Å². The smallest absolute Gasteiger partial charge is 0.418 e. The maximum absolute atomic E-state index is 14.7. The highest BCUT2D eigenvalue weighted by Gasteiger charge is 2.61. The van der Waals surface area contributed by atoms with E-state index in [4.69, 9.17) is 20.5 Å². The van der Waals surface area contributed by atoms with Crippen LogP contribution in [0.15, 0.2) is 41.5 Å². The lowest BCUT2D eigenvalue weighted by Gasteiger charge is -2.38. The summed E-state index contributed by atoms with van der Waals surface area (Å²) < 4.78 is 25.2. The Balaban J connectivity index is 1.56. The zero-order valence-electron chi connectivity index (χ0n) is 15.6. The zero-order valence-corrected chi connectivity index (χ0v) is 15.6. The van der Waals surface area contributed by atoms with E-state index in [1.807, 2.05) is 13.0 Å². The number of ether oxygens (including phenoxy) is 2. The highest BCUT2D eigenvalue weighted by Crippen LogP contribution is 2.62. The van der Waals surface area contributed by atoms with Gasteiger partial charge in [-0.2, -0.15) is 5.26 Å². The molecule has 0 radical (unpaired) electrons. The summed E-state index contributed by atoms with van der Waals surface area (Å²) in [5, 5.41) is 11.3. The number of anilines is 1. The fraction of sp³-hybridized carbons (Fsp3) is 0.300. The van der Waals surface area contributed by atoms with Crippen LogP contribution in [0.1, 0.15) is 30.9 Å². The molecule has 0 saturated heterocycles. The largest absolute Gasteiger partial charge is 0.465 e.